The number of hydrogen-bond acceptors (Lipinski definition) is 4. The molecular weight excluding hydrogens is 457 g/mol. The number of ether oxygens (including phenoxy) is 1. The van der Waals surface area contributed by atoms with Crippen LogP contribution in [0.4, 0.5) is 9.18 Å². The molecule has 0 radical (unpaired) electrons. The Morgan fingerprint density at radius 1 is 1.08 bits per heavy atom. The Morgan fingerprint density at radius 2 is 1.78 bits per heavy atom. The van der Waals surface area contributed by atoms with Gasteiger partial charge in [-0.1, -0.05) is 31.4 Å². The molecule has 1 N–H and O–H groups in total. The van der Waals surface area contributed by atoms with Gasteiger partial charge in [-0.25, -0.2) is 9.18 Å². The minimum Gasteiger partial charge on any atom is -0.447 e. The molecule has 2 amide bonds. The number of benzene rings is 1. The molecule has 0 aromatic heterocycles. The molecule has 0 spiro atoms. The van der Waals surface area contributed by atoms with Crippen molar-refractivity contribution in [2.45, 2.75) is 76.7 Å². The van der Waals surface area contributed by atoms with Crippen molar-refractivity contribution in [3.05, 3.63) is 35.6 Å². The summed E-state index contributed by atoms with van der Waals surface area (Å²) in [5, 5.41) is 3.42. The van der Waals surface area contributed by atoms with E-state index in [0.29, 0.717) is 19.1 Å². The number of carbonyl (C=O) groups excluding carboxylic acids is 2. The lowest BCUT2D eigenvalue weighted by Gasteiger charge is -2.51. The number of cyclic esters (lactones) is 1. The third-order valence-corrected chi connectivity index (χ3v) is 9.61. The van der Waals surface area contributed by atoms with Crippen LogP contribution in [-0.2, 0) is 9.53 Å². The lowest BCUT2D eigenvalue weighted by Crippen LogP contribution is -2.56. The SMILES string of the molecule is CC1(C)COC(=O)N1CC1(C2CCCCC2)CCN(C(=O)[C@@H]2CNCC[C@H]2c2ccc(F)cc2)CC1. The van der Waals surface area contributed by atoms with Gasteiger partial charge in [0.15, 0.2) is 0 Å². The summed E-state index contributed by atoms with van der Waals surface area (Å²) in [6.45, 7) is 8.38. The predicted octanol–water partition coefficient (Wildman–Crippen LogP) is 4.94. The van der Waals surface area contributed by atoms with Crippen LogP contribution in [-0.4, -0.2) is 66.7 Å². The zero-order valence-corrected chi connectivity index (χ0v) is 21.9. The number of likely N-dealkylation sites (tertiary alicyclic amines) is 1. The van der Waals surface area contributed by atoms with E-state index in [-0.39, 0.29) is 40.6 Å². The van der Waals surface area contributed by atoms with E-state index in [1.54, 1.807) is 0 Å². The van der Waals surface area contributed by atoms with Gasteiger partial charge in [-0.15, -0.1) is 0 Å². The van der Waals surface area contributed by atoms with Crippen molar-refractivity contribution in [3.63, 3.8) is 0 Å². The second-order valence-corrected chi connectivity index (χ2v) is 12.2. The molecule has 4 aliphatic rings. The first-order valence-corrected chi connectivity index (χ1v) is 14.0. The highest BCUT2D eigenvalue weighted by molar-refractivity contribution is 5.80. The van der Waals surface area contributed by atoms with Crippen LogP contribution in [0.3, 0.4) is 0 Å². The van der Waals surface area contributed by atoms with E-state index in [2.05, 4.69) is 24.1 Å². The number of hydrogen-bond donors (Lipinski definition) is 1. The molecule has 7 heteroatoms. The summed E-state index contributed by atoms with van der Waals surface area (Å²) < 4.78 is 19.0. The Hall–Kier alpha value is -2.15. The second-order valence-electron chi connectivity index (χ2n) is 12.2. The number of amides is 2. The highest BCUT2D eigenvalue weighted by Crippen LogP contribution is 2.48. The number of rotatable bonds is 5. The maximum atomic E-state index is 13.8. The smallest absolute Gasteiger partial charge is 0.410 e. The van der Waals surface area contributed by atoms with Gasteiger partial charge in [-0.3, -0.25) is 9.69 Å². The first kappa shape index (κ1) is 25.5. The molecule has 0 bridgehead atoms. The first-order valence-electron chi connectivity index (χ1n) is 14.0. The van der Waals surface area contributed by atoms with E-state index in [0.717, 1.165) is 51.0 Å². The van der Waals surface area contributed by atoms with Gasteiger partial charge in [0.05, 0.1) is 11.5 Å². The molecule has 5 rings (SSSR count). The van der Waals surface area contributed by atoms with E-state index in [9.17, 15) is 14.0 Å². The molecular formula is C29H42FN3O3. The summed E-state index contributed by atoms with van der Waals surface area (Å²) in [6.07, 6.45) is 8.82. The largest absolute Gasteiger partial charge is 0.447 e. The molecule has 1 aromatic carbocycles. The Morgan fingerprint density at radius 3 is 2.42 bits per heavy atom. The minimum absolute atomic E-state index is 0.0407. The van der Waals surface area contributed by atoms with Crippen LogP contribution in [0.25, 0.3) is 0 Å². The van der Waals surface area contributed by atoms with E-state index in [1.165, 1.54) is 44.2 Å². The van der Waals surface area contributed by atoms with Crippen LogP contribution in [0.2, 0.25) is 0 Å². The fraction of sp³-hybridized carbons (Fsp3) is 0.724. The molecule has 36 heavy (non-hydrogen) atoms. The molecule has 1 aromatic rings. The van der Waals surface area contributed by atoms with E-state index >= 15 is 0 Å². The minimum atomic E-state index is -0.290. The van der Waals surface area contributed by atoms with Crippen LogP contribution in [0.15, 0.2) is 24.3 Å². The molecule has 2 atom stereocenters. The van der Waals surface area contributed by atoms with Crippen molar-refractivity contribution in [1.82, 2.24) is 15.1 Å². The highest BCUT2D eigenvalue weighted by atomic mass is 19.1. The second kappa shape index (κ2) is 10.3. The van der Waals surface area contributed by atoms with Gasteiger partial charge in [0.25, 0.3) is 0 Å². The quantitative estimate of drug-likeness (QED) is 0.624. The summed E-state index contributed by atoms with van der Waals surface area (Å²) in [6, 6.07) is 6.69. The van der Waals surface area contributed by atoms with Crippen LogP contribution in [0, 0.1) is 23.1 Å². The maximum absolute atomic E-state index is 13.8. The lowest BCUT2D eigenvalue weighted by molar-refractivity contribution is -0.140. The zero-order chi connectivity index (χ0) is 25.3. The van der Waals surface area contributed by atoms with E-state index < -0.39 is 0 Å². The van der Waals surface area contributed by atoms with Crippen LogP contribution in [0.5, 0.6) is 0 Å². The van der Waals surface area contributed by atoms with Gasteiger partial charge in [-0.2, -0.15) is 0 Å². The molecule has 0 unspecified atom stereocenters. The molecule has 3 saturated heterocycles. The van der Waals surface area contributed by atoms with Crippen molar-refractivity contribution in [1.29, 1.82) is 0 Å². The molecule has 1 aliphatic carbocycles. The number of nitrogens with zero attached hydrogens (tertiary/aromatic N) is 2. The number of carbonyl (C=O) groups is 2. The number of halogens is 1. The zero-order valence-electron chi connectivity index (χ0n) is 21.9. The Labute approximate surface area is 214 Å². The van der Waals surface area contributed by atoms with Gasteiger partial charge in [0, 0.05) is 26.2 Å². The summed E-state index contributed by atoms with van der Waals surface area (Å²) in [5.74, 6) is 0.560. The monoisotopic (exact) mass is 499 g/mol. The normalized spacial score (nSPS) is 28.7. The van der Waals surface area contributed by atoms with Crippen LogP contribution < -0.4 is 5.32 Å². The maximum Gasteiger partial charge on any atom is 0.410 e. The molecule has 1 saturated carbocycles. The van der Waals surface area contributed by atoms with Crippen molar-refractivity contribution in [2.75, 3.05) is 39.3 Å². The number of piperidine rings is 2. The highest BCUT2D eigenvalue weighted by Gasteiger charge is 2.50. The van der Waals surface area contributed by atoms with Crippen molar-refractivity contribution >= 4 is 12.0 Å². The average Bonchev–Trinajstić information content (AvgIpc) is 3.16. The van der Waals surface area contributed by atoms with Gasteiger partial charge in [0.1, 0.15) is 12.4 Å². The summed E-state index contributed by atoms with van der Waals surface area (Å²) >= 11 is 0. The van der Waals surface area contributed by atoms with E-state index in [4.69, 9.17) is 4.74 Å². The van der Waals surface area contributed by atoms with Gasteiger partial charge < -0.3 is 15.0 Å². The van der Waals surface area contributed by atoms with Crippen LogP contribution >= 0.6 is 0 Å². The van der Waals surface area contributed by atoms with Crippen LogP contribution in [0.1, 0.15) is 76.7 Å². The molecule has 3 heterocycles. The number of nitrogens with one attached hydrogen (secondary N) is 1. The van der Waals surface area contributed by atoms with Gasteiger partial charge >= 0.3 is 6.09 Å². The summed E-state index contributed by atoms with van der Waals surface area (Å²) in [5.41, 5.74) is 0.806. The summed E-state index contributed by atoms with van der Waals surface area (Å²) in [4.78, 5) is 30.5. The molecule has 4 fully saturated rings. The topological polar surface area (TPSA) is 61.9 Å². The third kappa shape index (κ3) is 5.00. The Balaban J connectivity index is 1.31. The molecule has 3 aliphatic heterocycles. The van der Waals surface area contributed by atoms with Gasteiger partial charge in [0.2, 0.25) is 5.91 Å². The predicted molar refractivity (Wildman–Crippen MR) is 137 cm³/mol. The fourth-order valence-electron chi connectivity index (χ4n) is 7.28. The Kier molecular flexibility index (Phi) is 7.30. The fourth-order valence-corrected chi connectivity index (χ4v) is 7.28. The van der Waals surface area contributed by atoms with Crippen molar-refractivity contribution in [2.24, 2.45) is 17.3 Å². The van der Waals surface area contributed by atoms with Gasteiger partial charge in [-0.05, 0) is 87.4 Å². The third-order valence-electron chi connectivity index (χ3n) is 9.61. The standard InChI is InChI=1S/C29H42FN3O3/c1-28(2)20-36-27(35)33(28)19-29(22-6-4-3-5-7-22)13-16-32(17-14-29)26(34)25-18-31-15-12-24(25)21-8-10-23(30)11-9-21/h8-11,22,24-25,31H,3-7,12-20H2,1-2H3/t24-,25+/m0/s1. The molecule has 198 valence electrons. The summed E-state index contributed by atoms with van der Waals surface area (Å²) in [7, 11) is 0. The Bertz CT molecular complexity index is 936. The lowest BCUT2D eigenvalue weighted by atomic mass is 9.63. The average molecular weight is 500 g/mol. The molecule has 6 nitrogen and oxygen atoms in total. The first-order chi connectivity index (χ1) is 17.3. The van der Waals surface area contributed by atoms with Crippen molar-refractivity contribution in [3.8, 4) is 0 Å². The van der Waals surface area contributed by atoms with E-state index in [1.807, 2.05) is 17.0 Å². The van der Waals surface area contributed by atoms with Crippen molar-refractivity contribution < 1.29 is 18.7 Å².